The highest BCUT2D eigenvalue weighted by Gasteiger charge is 2.15. The maximum Gasteiger partial charge on any atom is 0.407 e. The van der Waals surface area contributed by atoms with Gasteiger partial charge in [-0.2, -0.15) is 0 Å². The summed E-state index contributed by atoms with van der Waals surface area (Å²) in [6.07, 6.45) is 1.09. The summed E-state index contributed by atoms with van der Waals surface area (Å²) in [5, 5.41) is 11.6. The van der Waals surface area contributed by atoms with Crippen molar-refractivity contribution < 1.29 is 24.2 Å². The highest BCUT2D eigenvalue weighted by molar-refractivity contribution is 5.67. The molecule has 140 valence electrons. The van der Waals surface area contributed by atoms with Crippen LogP contribution in [-0.2, 0) is 20.9 Å². The van der Waals surface area contributed by atoms with E-state index < -0.39 is 12.1 Å². The van der Waals surface area contributed by atoms with E-state index in [4.69, 9.17) is 14.6 Å². The molecular weight excluding hydrogens is 322 g/mol. The Morgan fingerprint density at radius 2 is 1.92 bits per heavy atom. The van der Waals surface area contributed by atoms with Crippen molar-refractivity contribution in [3.05, 3.63) is 35.9 Å². The Morgan fingerprint density at radius 3 is 2.56 bits per heavy atom. The van der Waals surface area contributed by atoms with E-state index in [-0.39, 0.29) is 18.9 Å². The molecule has 0 saturated carbocycles. The summed E-state index contributed by atoms with van der Waals surface area (Å²) in [7, 11) is 0. The molecule has 0 spiro atoms. The van der Waals surface area contributed by atoms with Crippen molar-refractivity contribution in [1.29, 1.82) is 0 Å². The minimum absolute atomic E-state index is 0.0290. The largest absolute Gasteiger partial charge is 0.481 e. The third kappa shape index (κ3) is 10.4. The zero-order valence-corrected chi connectivity index (χ0v) is 15.1. The number of hydrogen-bond donors (Lipinski definition) is 2. The molecule has 0 fully saturated rings. The van der Waals surface area contributed by atoms with Crippen LogP contribution in [0.5, 0.6) is 0 Å². The van der Waals surface area contributed by atoms with Crippen molar-refractivity contribution >= 4 is 12.1 Å². The molecule has 1 rings (SSSR count). The van der Waals surface area contributed by atoms with Gasteiger partial charge in [0.2, 0.25) is 0 Å². The first-order valence-electron chi connectivity index (χ1n) is 8.75. The summed E-state index contributed by atoms with van der Waals surface area (Å²) in [5.74, 6) is -0.531. The fourth-order valence-corrected chi connectivity index (χ4v) is 2.20. The average molecular weight is 351 g/mol. The number of hydrogen-bond acceptors (Lipinski definition) is 4. The van der Waals surface area contributed by atoms with Gasteiger partial charge in [0.15, 0.2) is 0 Å². The van der Waals surface area contributed by atoms with Crippen LogP contribution in [0.25, 0.3) is 0 Å². The second kappa shape index (κ2) is 12.3. The van der Waals surface area contributed by atoms with Crippen LogP contribution in [0.3, 0.4) is 0 Å². The molecule has 0 unspecified atom stereocenters. The smallest absolute Gasteiger partial charge is 0.407 e. The third-order valence-corrected chi connectivity index (χ3v) is 3.95. The van der Waals surface area contributed by atoms with Gasteiger partial charge in [-0.25, -0.2) is 4.79 Å². The topological polar surface area (TPSA) is 84.9 Å². The van der Waals surface area contributed by atoms with Gasteiger partial charge >= 0.3 is 12.1 Å². The van der Waals surface area contributed by atoms with Crippen LogP contribution in [0.15, 0.2) is 30.3 Å². The Balaban J connectivity index is 2.25. The lowest BCUT2D eigenvalue weighted by Crippen LogP contribution is -2.28. The number of carbonyl (C=O) groups is 2. The SMILES string of the molecule is CC[C@H](C)COC[C@H](CCNC(=O)OCc1ccccc1)CC(=O)O. The lowest BCUT2D eigenvalue weighted by Gasteiger charge is -2.17. The molecule has 2 atom stereocenters. The molecule has 2 N–H and O–H groups in total. The fourth-order valence-electron chi connectivity index (χ4n) is 2.20. The van der Waals surface area contributed by atoms with Crippen molar-refractivity contribution in [2.45, 2.75) is 39.7 Å². The van der Waals surface area contributed by atoms with Gasteiger partial charge in [-0.1, -0.05) is 50.6 Å². The average Bonchev–Trinajstić information content (AvgIpc) is 2.60. The molecule has 1 aromatic rings. The Morgan fingerprint density at radius 1 is 1.20 bits per heavy atom. The molecule has 6 heteroatoms. The Kier molecular flexibility index (Phi) is 10.3. The zero-order chi connectivity index (χ0) is 18.5. The summed E-state index contributed by atoms with van der Waals surface area (Å²) < 4.78 is 10.7. The Labute approximate surface area is 149 Å². The summed E-state index contributed by atoms with van der Waals surface area (Å²) in [6, 6.07) is 9.42. The van der Waals surface area contributed by atoms with E-state index in [1.54, 1.807) is 0 Å². The molecule has 0 radical (unpaired) electrons. The molecule has 0 aromatic heterocycles. The highest BCUT2D eigenvalue weighted by Crippen LogP contribution is 2.11. The van der Waals surface area contributed by atoms with Crippen LogP contribution in [0.1, 0.15) is 38.7 Å². The van der Waals surface area contributed by atoms with Gasteiger partial charge in [0, 0.05) is 13.2 Å². The van der Waals surface area contributed by atoms with Gasteiger partial charge in [-0.15, -0.1) is 0 Å². The summed E-state index contributed by atoms with van der Waals surface area (Å²) in [6.45, 7) is 5.77. The van der Waals surface area contributed by atoms with E-state index in [2.05, 4.69) is 19.2 Å². The van der Waals surface area contributed by atoms with Crippen LogP contribution in [0.4, 0.5) is 4.79 Å². The van der Waals surface area contributed by atoms with Crippen LogP contribution in [0, 0.1) is 11.8 Å². The number of nitrogens with one attached hydrogen (secondary N) is 1. The molecule has 6 nitrogen and oxygen atoms in total. The maximum atomic E-state index is 11.7. The number of amides is 1. The van der Waals surface area contributed by atoms with E-state index >= 15 is 0 Å². The Bertz CT molecular complexity index is 506. The highest BCUT2D eigenvalue weighted by atomic mass is 16.5. The summed E-state index contributed by atoms with van der Waals surface area (Å²) in [4.78, 5) is 22.6. The molecule has 25 heavy (non-hydrogen) atoms. The van der Waals surface area contributed by atoms with Gasteiger partial charge in [0.05, 0.1) is 13.0 Å². The Hall–Kier alpha value is -2.08. The predicted molar refractivity (Wildman–Crippen MR) is 95.3 cm³/mol. The lowest BCUT2D eigenvalue weighted by atomic mass is 10.0. The van der Waals surface area contributed by atoms with Crippen LogP contribution >= 0.6 is 0 Å². The molecule has 1 aromatic carbocycles. The van der Waals surface area contributed by atoms with Crippen molar-refractivity contribution in [1.82, 2.24) is 5.32 Å². The van der Waals surface area contributed by atoms with Crippen molar-refractivity contribution in [2.75, 3.05) is 19.8 Å². The van der Waals surface area contributed by atoms with E-state index in [9.17, 15) is 9.59 Å². The third-order valence-electron chi connectivity index (χ3n) is 3.95. The summed E-state index contributed by atoms with van der Waals surface area (Å²) >= 11 is 0. The molecule has 0 aliphatic carbocycles. The minimum Gasteiger partial charge on any atom is -0.481 e. The molecule has 1 amide bonds. The zero-order valence-electron chi connectivity index (χ0n) is 15.1. The number of benzene rings is 1. The number of ether oxygens (including phenoxy) is 2. The number of alkyl carbamates (subject to hydrolysis) is 1. The van der Waals surface area contributed by atoms with Crippen LogP contribution in [-0.4, -0.2) is 36.9 Å². The van der Waals surface area contributed by atoms with Crippen molar-refractivity contribution in [3.63, 3.8) is 0 Å². The molecular formula is C19H29NO5. The lowest BCUT2D eigenvalue weighted by molar-refractivity contribution is -0.138. The van der Waals surface area contributed by atoms with Crippen molar-refractivity contribution in [3.8, 4) is 0 Å². The van der Waals surface area contributed by atoms with Crippen LogP contribution in [0.2, 0.25) is 0 Å². The van der Waals surface area contributed by atoms with Gasteiger partial charge in [-0.3, -0.25) is 4.79 Å². The van der Waals surface area contributed by atoms with Crippen molar-refractivity contribution in [2.24, 2.45) is 11.8 Å². The number of carbonyl (C=O) groups excluding carboxylic acids is 1. The monoisotopic (exact) mass is 351 g/mol. The first-order chi connectivity index (χ1) is 12.0. The molecule has 0 saturated heterocycles. The van der Waals surface area contributed by atoms with E-state index in [1.807, 2.05) is 30.3 Å². The molecule has 0 heterocycles. The maximum absolute atomic E-state index is 11.7. The quantitative estimate of drug-likeness (QED) is 0.602. The first-order valence-corrected chi connectivity index (χ1v) is 8.75. The number of aliphatic carboxylic acids is 1. The summed E-state index contributed by atoms with van der Waals surface area (Å²) in [5.41, 5.74) is 0.917. The standard InChI is InChI=1S/C19H29NO5/c1-3-15(2)12-24-13-17(11-18(21)22)9-10-20-19(23)25-14-16-7-5-4-6-8-16/h4-8,15,17H,3,9-14H2,1-2H3,(H,20,23)(H,21,22)/t15-,17+/m0/s1. The van der Waals surface area contributed by atoms with E-state index in [1.165, 1.54) is 0 Å². The molecule has 0 aliphatic rings. The molecule has 0 bridgehead atoms. The van der Waals surface area contributed by atoms with Gasteiger partial charge in [-0.05, 0) is 23.8 Å². The first kappa shape index (κ1) is 21.0. The predicted octanol–water partition coefficient (Wildman–Crippen LogP) is 3.46. The number of carboxylic acid groups (broad SMARTS) is 1. The van der Waals surface area contributed by atoms with E-state index in [0.717, 1.165) is 12.0 Å². The van der Waals surface area contributed by atoms with Gasteiger partial charge < -0.3 is 19.9 Å². The molecule has 0 aliphatic heterocycles. The minimum atomic E-state index is -0.858. The second-order valence-corrected chi connectivity index (χ2v) is 6.29. The fraction of sp³-hybridized carbons (Fsp3) is 0.579. The number of rotatable bonds is 12. The van der Waals surface area contributed by atoms with Gasteiger partial charge in [0.25, 0.3) is 0 Å². The normalized spacial score (nSPS) is 13.0. The van der Waals surface area contributed by atoms with E-state index in [0.29, 0.717) is 32.1 Å². The number of carboxylic acids is 1. The van der Waals surface area contributed by atoms with Crippen LogP contribution < -0.4 is 5.32 Å². The van der Waals surface area contributed by atoms with Gasteiger partial charge in [0.1, 0.15) is 6.61 Å². The second-order valence-electron chi connectivity index (χ2n) is 6.29.